The molecule has 0 aromatic heterocycles. The highest BCUT2D eigenvalue weighted by atomic mass is 16.5. The highest BCUT2D eigenvalue weighted by molar-refractivity contribution is 5.89. The molecule has 2 bridgehead atoms. The van der Waals surface area contributed by atoms with Crippen LogP contribution in [-0.4, -0.2) is 13.1 Å². The molecule has 0 amide bonds. The lowest BCUT2D eigenvalue weighted by molar-refractivity contribution is -0.138. The van der Waals surface area contributed by atoms with Crippen LogP contribution < -0.4 is 0 Å². The third kappa shape index (κ3) is 1.36. The van der Waals surface area contributed by atoms with Gasteiger partial charge in [-0.25, -0.2) is 4.79 Å². The van der Waals surface area contributed by atoms with E-state index in [2.05, 4.69) is 13.5 Å². The molecule has 3 rings (SSSR count). The van der Waals surface area contributed by atoms with E-state index in [0.29, 0.717) is 5.92 Å². The smallest absolute Gasteiger partial charge is 0.333 e. The average molecular weight is 234 g/mol. The number of rotatable bonds is 2. The molecule has 0 N–H and O–H groups in total. The van der Waals surface area contributed by atoms with Crippen molar-refractivity contribution in [2.24, 2.45) is 29.1 Å². The second-order valence-electron chi connectivity index (χ2n) is 6.45. The zero-order valence-electron chi connectivity index (χ0n) is 10.9. The standard InChI is InChI=1S/C15H22O2/c1-9(14(16)17-3)15(2)8-10-7-13(15)12-6-4-5-11(10)12/h10-13H,1,4-8H2,2-3H3. The lowest BCUT2D eigenvalue weighted by atomic mass is 9.63. The van der Waals surface area contributed by atoms with Gasteiger partial charge in [0.1, 0.15) is 0 Å². The summed E-state index contributed by atoms with van der Waals surface area (Å²) in [7, 11) is 1.46. The summed E-state index contributed by atoms with van der Waals surface area (Å²) in [5.41, 5.74) is 0.737. The minimum absolute atomic E-state index is 0.0171. The summed E-state index contributed by atoms with van der Waals surface area (Å²) in [4.78, 5) is 11.8. The zero-order chi connectivity index (χ0) is 12.2. The highest BCUT2D eigenvalue weighted by Gasteiger charge is 2.60. The van der Waals surface area contributed by atoms with Crippen LogP contribution in [0.3, 0.4) is 0 Å². The van der Waals surface area contributed by atoms with Crippen LogP contribution >= 0.6 is 0 Å². The molecule has 3 fully saturated rings. The highest BCUT2D eigenvalue weighted by Crippen LogP contribution is 2.67. The van der Waals surface area contributed by atoms with E-state index in [4.69, 9.17) is 4.74 Å². The summed E-state index contributed by atoms with van der Waals surface area (Å²) in [6, 6.07) is 0. The molecule has 0 radical (unpaired) electrons. The molecule has 0 spiro atoms. The normalized spacial score (nSPS) is 46.9. The first-order valence-electron chi connectivity index (χ1n) is 6.85. The van der Waals surface area contributed by atoms with Gasteiger partial charge in [-0.2, -0.15) is 0 Å². The molecule has 3 aliphatic carbocycles. The molecule has 3 aliphatic rings. The predicted octanol–water partition coefficient (Wildman–Crippen LogP) is 3.18. The monoisotopic (exact) mass is 234 g/mol. The van der Waals surface area contributed by atoms with Gasteiger partial charge < -0.3 is 4.74 Å². The molecule has 17 heavy (non-hydrogen) atoms. The van der Waals surface area contributed by atoms with Crippen LogP contribution in [-0.2, 0) is 9.53 Å². The molecule has 2 nitrogen and oxygen atoms in total. The van der Waals surface area contributed by atoms with E-state index in [9.17, 15) is 4.79 Å². The van der Waals surface area contributed by atoms with Gasteiger partial charge in [0.05, 0.1) is 7.11 Å². The van der Waals surface area contributed by atoms with Crippen LogP contribution in [0.5, 0.6) is 0 Å². The van der Waals surface area contributed by atoms with Crippen LogP contribution in [0.2, 0.25) is 0 Å². The molecule has 0 aliphatic heterocycles. The zero-order valence-corrected chi connectivity index (χ0v) is 10.9. The number of fused-ring (bicyclic) bond motifs is 5. The van der Waals surface area contributed by atoms with Gasteiger partial charge in [0.25, 0.3) is 0 Å². The van der Waals surface area contributed by atoms with Gasteiger partial charge in [-0.15, -0.1) is 0 Å². The van der Waals surface area contributed by atoms with Gasteiger partial charge in [0, 0.05) is 11.0 Å². The van der Waals surface area contributed by atoms with E-state index >= 15 is 0 Å². The van der Waals surface area contributed by atoms with Crippen molar-refractivity contribution in [3.63, 3.8) is 0 Å². The Morgan fingerprint density at radius 2 is 2.06 bits per heavy atom. The van der Waals surface area contributed by atoms with Gasteiger partial charge in [-0.3, -0.25) is 0 Å². The van der Waals surface area contributed by atoms with E-state index in [0.717, 1.165) is 29.7 Å². The summed E-state index contributed by atoms with van der Waals surface area (Å²) in [6.07, 6.45) is 6.67. The van der Waals surface area contributed by atoms with Crippen LogP contribution in [0.25, 0.3) is 0 Å². The number of carbonyl (C=O) groups is 1. The molecule has 0 aromatic rings. The molecule has 5 atom stereocenters. The Morgan fingerprint density at radius 1 is 1.35 bits per heavy atom. The van der Waals surface area contributed by atoms with Crippen molar-refractivity contribution in [1.82, 2.24) is 0 Å². The first-order chi connectivity index (χ1) is 8.08. The summed E-state index contributed by atoms with van der Waals surface area (Å²) in [5, 5.41) is 0. The lowest BCUT2D eigenvalue weighted by Gasteiger charge is -2.40. The first-order valence-corrected chi connectivity index (χ1v) is 6.85. The van der Waals surface area contributed by atoms with Crippen LogP contribution in [0.15, 0.2) is 12.2 Å². The average Bonchev–Trinajstić information content (AvgIpc) is 2.97. The fourth-order valence-corrected chi connectivity index (χ4v) is 5.14. The Balaban J connectivity index is 1.86. The van der Waals surface area contributed by atoms with Crippen LogP contribution in [0.4, 0.5) is 0 Å². The molecule has 0 aromatic carbocycles. The van der Waals surface area contributed by atoms with E-state index in [-0.39, 0.29) is 11.4 Å². The molecule has 0 saturated heterocycles. The molecule has 5 unspecified atom stereocenters. The third-order valence-electron chi connectivity index (χ3n) is 5.93. The molecular weight excluding hydrogens is 212 g/mol. The Labute approximate surface area is 103 Å². The molecule has 94 valence electrons. The van der Waals surface area contributed by atoms with E-state index in [1.54, 1.807) is 0 Å². The van der Waals surface area contributed by atoms with Crippen molar-refractivity contribution in [3.05, 3.63) is 12.2 Å². The SMILES string of the molecule is C=C(C(=O)OC)C1(C)CC2CC1C1CCCC21. The Hall–Kier alpha value is -0.790. The number of methoxy groups -OCH3 is 1. The van der Waals surface area contributed by atoms with Crippen molar-refractivity contribution < 1.29 is 9.53 Å². The Kier molecular flexibility index (Phi) is 2.39. The number of ether oxygens (including phenoxy) is 1. The molecule has 3 saturated carbocycles. The largest absolute Gasteiger partial charge is 0.466 e. The van der Waals surface area contributed by atoms with Gasteiger partial charge in [-0.05, 0) is 49.4 Å². The van der Waals surface area contributed by atoms with Crippen molar-refractivity contribution in [2.75, 3.05) is 7.11 Å². The minimum atomic E-state index is -0.199. The lowest BCUT2D eigenvalue weighted by Crippen LogP contribution is -2.36. The van der Waals surface area contributed by atoms with Crippen molar-refractivity contribution in [2.45, 2.75) is 39.0 Å². The predicted molar refractivity (Wildman–Crippen MR) is 66.3 cm³/mol. The van der Waals surface area contributed by atoms with Crippen LogP contribution in [0, 0.1) is 29.1 Å². The number of hydrogen-bond donors (Lipinski definition) is 0. The Bertz CT molecular complexity index is 373. The Morgan fingerprint density at radius 3 is 2.76 bits per heavy atom. The summed E-state index contributed by atoms with van der Waals surface area (Å²) >= 11 is 0. The van der Waals surface area contributed by atoms with Crippen molar-refractivity contribution >= 4 is 5.97 Å². The summed E-state index contributed by atoms with van der Waals surface area (Å²) < 4.78 is 4.87. The quantitative estimate of drug-likeness (QED) is 0.542. The van der Waals surface area contributed by atoms with E-state index in [1.165, 1.54) is 32.8 Å². The van der Waals surface area contributed by atoms with Gasteiger partial charge in [0.15, 0.2) is 0 Å². The first kappa shape index (κ1) is 11.3. The van der Waals surface area contributed by atoms with Crippen molar-refractivity contribution in [3.8, 4) is 0 Å². The fraction of sp³-hybridized carbons (Fsp3) is 0.800. The topological polar surface area (TPSA) is 26.3 Å². The molecular formula is C15H22O2. The third-order valence-corrected chi connectivity index (χ3v) is 5.93. The second-order valence-corrected chi connectivity index (χ2v) is 6.45. The van der Waals surface area contributed by atoms with Gasteiger partial charge >= 0.3 is 5.97 Å². The van der Waals surface area contributed by atoms with Gasteiger partial charge in [-0.1, -0.05) is 19.9 Å². The van der Waals surface area contributed by atoms with E-state index in [1.807, 2.05) is 0 Å². The minimum Gasteiger partial charge on any atom is -0.466 e. The number of carbonyl (C=O) groups excluding carboxylic acids is 1. The number of hydrogen-bond acceptors (Lipinski definition) is 2. The summed E-state index contributed by atoms with van der Waals surface area (Å²) in [5.74, 6) is 3.15. The second kappa shape index (κ2) is 3.60. The molecule has 0 heterocycles. The van der Waals surface area contributed by atoms with Crippen molar-refractivity contribution in [1.29, 1.82) is 0 Å². The maximum absolute atomic E-state index is 11.8. The van der Waals surface area contributed by atoms with Gasteiger partial charge in [0.2, 0.25) is 0 Å². The number of esters is 1. The molecule has 2 heteroatoms. The summed E-state index contributed by atoms with van der Waals surface area (Å²) in [6.45, 7) is 6.28. The van der Waals surface area contributed by atoms with E-state index < -0.39 is 0 Å². The van der Waals surface area contributed by atoms with Crippen LogP contribution in [0.1, 0.15) is 39.0 Å². The maximum Gasteiger partial charge on any atom is 0.333 e. The fourth-order valence-electron chi connectivity index (χ4n) is 5.14. The maximum atomic E-state index is 11.8.